The molecule has 0 aromatic rings. The Labute approximate surface area is 180 Å². The number of hydrogen-bond acceptors (Lipinski definition) is 4. The van der Waals surface area contributed by atoms with Gasteiger partial charge in [0.05, 0.1) is 12.8 Å². The number of aliphatic carboxylic acids is 1. The topological polar surface area (TPSA) is 80.7 Å². The first-order chi connectivity index (χ1) is 14.1. The molecule has 4 saturated carbocycles. The van der Waals surface area contributed by atoms with E-state index in [4.69, 9.17) is 9.84 Å². The molecule has 4 aliphatic carbocycles. The summed E-state index contributed by atoms with van der Waals surface area (Å²) in [5, 5.41) is 8.77. The first kappa shape index (κ1) is 21.8. The van der Waals surface area contributed by atoms with E-state index in [1.807, 2.05) is 0 Å². The minimum Gasteiger partial charge on any atom is -0.481 e. The molecule has 4 aliphatic rings. The van der Waals surface area contributed by atoms with Crippen LogP contribution in [0.4, 0.5) is 0 Å². The zero-order valence-corrected chi connectivity index (χ0v) is 18.8. The van der Waals surface area contributed by atoms with Gasteiger partial charge in [-0.2, -0.15) is 0 Å². The third kappa shape index (κ3) is 3.60. The maximum atomic E-state index is 12.3. The van der Waals surface area contributed by atoms with E-state index in [1.54, 1.807) is 6.92 Å². The van der Waals surface area contributed by atoms with Crippen molar-refractivity contribution >= 4 is 17.7 Å². The summed E-state index contributed by atoms with van der Waals surface area (Å²) in [6.07, 6.45) is 9.82. The quantitative estimate of drug-likeness (QED) is 0.635. The summed E-state index contributed by atoms with van der Waals surface area (Å²) >= 11 is 0. The molecule has 0 saturated heterocycles. The highest BCUT2D eigenvalue weighted by Crippen LogP contribution is 2.67. The van der Waals surface area contributed by atoms with Crippen LogP contribution in [0.1, 0.15) is 91.4 Å². The van der Waals surface area contributed by atoms with Crippen molar-refractivity contribution in [2.45, 2.75) is 97.5 Å². The Morgan fingerprint density at radius 2 is 1.60 bits per heavy atom. The van der Waals surface area contributed by atoms with Crippen LogP contribution >= 0.6 is 0 Å². The first-order valence-corrected chi connectivity index (χ1v) is 12.1. The largest absolute Gasteiger partial charge is 0.481 e. The molecule has 8 atom stereocenters. The molecule has 5 heteroatoms. The van der Waals surface area contributed by atoms with E-state index in [2.05, 4.69) is 13.8 Å². The van der Waals surface area contributed by atoms with Crippen LogP contribution < -0.4 is 0 Å². The van der Waals surface area contributed by atoms with Gasteiger partial charge in [0, 0.05) is 5.92 Å². The predicted molar refractivity (Wildman–Crippen MR) is 113 cm³/mol. The smallest absolute Gasteiger partial charge is 0.306 e. The second kappa shape index (κ2) is 7.94. The number of carbonyl (C=O) groups is 3. The van der Waals surface area contributed by atoms with Crippen molar-refractivity contribution in [2.75, 3.05) is 0 Å². The Bertz CT molecular complexity index is 716. The number of ketones is 1. The van der Waals surface area contributed by atoms with Crippen molar-refractivity contribution in [3.8, 4) is 0 Å². The number of rotatable bonds is 5. The van der Waals surface area contributed by atoms with Gasteiger partial charge in [0.15, 0.2) is 0 Å². The number of fused-ring (bicyclic) bond motifs is 5. The van der Waals surface area contributed by atoms with Crippen LogP contribution in [-0.2, 0) is 19.1 Å². The third-order valence-corrected chi connectivity index (χ3v) is 9.95. The highest BCUT2D eigenvalue weighted by atomic mass is 16.5. The molecule has 0 aliphatic heterocycles. The molecule has 1 N–H and O–H groups in total. The fraction of sp³-hybridized carbons (Fsp3) is 0.880. The third-order valence-electron chi connectivity index (χ3n) is 9.95. The van der Waals surface area contributed by atoms with Crippen LogP contribution in [0.3, 0.4) is 0 Å². The molecule has 30 heavy (non-hydrogen) atoms. The van der Waals surface area contributed by atoms with Crippen molar-refractivity contribution in [1.82, 2.24) is 0 Å². The van der Waals surface area contributed by atoms with Crippen LogP contribution in [0.15, 0.2) is 0 Å². The summed E-state index contributed by atoms with van der Waals surface area (Å²) in [5.41, 5.74) is 0.510. The number of carbonyl (C=O) groups excluding carboxylic acids is 2. The predicted octanol–water partition coefficient (Wildman–Crippen LogP) is 5.01. The van der Waals surface area contributed by atoms with Crippen LogP contribution in [0.2, 0.25) is 0 Å². The second-order valence-electron chi connectivity index (χ2n) is 11.2. The SMILES string of the molecule is CC(=O)[C@H]1CC[C@H]2[C@@H]3CC[C@H]4C[C@@H](OC(=O)CCC(=O)O)CC[C@]4(C)[C@H]3CC[C@]12C. The van der Waals surface area contributed by atoms with Gasteiger partial charge in [0.1, 0.15) is 11.9 Å². The summed E-state index contributed by atoms with van der Waals surface area (Å²) in [6, 6.07) is 0. The summed E-state index contributed by atoms with van der Waals surface area (Å²) in [4.78, 5) is 35.0. The average molecular weight is 419 g/mol. The van der Waals surface area contributed by atoms with E-state index in [9.17, 15) is 14.4 Å². The molecular formula is C25H38O5. The molecular weight excluding hydrogens is 380 g/mol. The van der Waals surface area contributed by atoms with Crippen molar-refractivity contribution in [3.05, 3.63) is 0 Å². The van der Waals surface area contributed by atoms with Crippen LogP contribution in [0, 0.1) is 40.4 Å². The Morgan fingerprint density at radius 1 is 0.900 bits per heavy atom. The molecule has 168 valence electrons. The zero-order valence-electron chi connectivity index (χ0n) is 18.8. The Kier molecular flexibility index (Phi) is 5.78. The fourth-order valence-electron chi connectivity index (χ4n) is 8.45. The molecule has 0 amide bonds. The molecule has 0 bridgehead atoms. The molecule has 0 aromatic carbocycles. The number of ether oxygens (including phenoxy) is 1. The summed E-state index contributed by atoms with van der Waals surface area (Å²) < 4.78 is 5.66. The summed E-state index contributed by atoms with van der Waals surface area (Å²) in [5.74, 6) is 2.07. The highest BCUT2D eigenvalue weighted by molar-refractivity contribution is 5.79. The van der Waals surface area contributed by atoms with Gasteiger partial charge in [-0.1, -0.05) is 13.8 Å². The summed E-state index contributed by atoms with van der Waals surface area (Å²) in [7, 11) is 0. The standard InChI is InChI=1S/C25H38O5/c1-15(26)19-6-7-20-18-5-4-16-14-17(30-23(29)9-8-22(27)28)10-12-24(16,2)21(18)11-13-25(19,20)3/h16-21H,4-14H2,1-3H3,(H,27,28)/t16-,17-,18-,19+,20-,21-,24-,25+/m0/s1. The van der Waals surface area contributed by atoms with Gasteiger partial charge in [-0.3, -0.25) is 14.4 Å². The molecule has 0 radical (unpaired) electrons. The maximum absolute atomic E-state index is 12.3. The summed E-state index contributed by atoms with van der Waals surface area (Å²) in [6.45, 7) is 6.67. The van der Waals surface area contributed by atoms with Crippen LogP contribution in [0.25, 0.3) is 0 Å². The number of carboxylic acid groups (broad SMARTS) is 1. The second-order valence-corrected chi connectivity index (χ2v) is 11.2. The van der Waals surface area contributed by atoms with Gasteiger partial charge in [-0.05, 0) is 99.2 Å². The lowest BCUT2D eigenvalue weighted by Gasteiger charge is -2.61. The first-order valence-electron chi connectivity index (χ1n) is 12.1. The Morgan fingerprint density at radius 3 is 2.30 bits per heavy atom. The van der Waals surface area contributed by atoms with Gasteiger partial charge < -0.3 is 9.84 Å². The highest BCUT2D eigenvalue weighted by Gasteiger charge is 2.60. The lowest BCUT2D eigenvalue weighted by atomic mass is 9.44. The maximum Gasteiger partial charge on any atom is 0.306 e. The van der Waals surface area contributed by atoms with Crippen LogP contribution in [-0.4, -0.2) is 28.9 Å². The molecule has 0 heterocycles. The Hall–Kier alpha value is -1.39. The molecule has 0 unspecified atom stereocenters. The average Bonchev–Trinajstić information content (AvgIpc) is 3.04. The molecule has 5 nitrogen and oxygen atoms in total. The van der Waals surface area contributed by atoms with E-state index >= 15 is 0 Å². The number of esters is 1. The fourth-order valence-corrected chi connectivity index (χ4v) is 8.45. The molecule has 0 aromatic heterocycles. The van der Waals surface area contributed by atoms with Crippen molar-refractivity contribution in [3.63, 3.8) is 0 Å². The molecule has 4 fully saturated rings. The Balaban J connectivity index is 1.42. The molecule has 0 spiro atoms. The van der Waals surface area contributed by atoms with Crippen molar-refractivity contribution in [2.24, 2.45) is 40.4 Å². The number of carboxylic acids is 1. The van der Waals surface area contributed by atoms with E-state index in [0.29, 0.717) is 23.0 Å². The minimum absolute atomic E-state index is 0.0317. The van der Waals surface area contributed by atoms with Gasteiger partial charge in [0.2, 0.25) is 0 Å². The zero-order chi connectivity index (χ0) is 21.7. The van der Waals surface area contributed by atoms with E-state index < -0.39 is 5.97 Å². The van der Waals surface area contributed by atoms with E-state index in [-0.39, 0.29) is 36.2 Å². The van der Waals surface area contributed by atoms with Gasteiger partial charge in [-0.25, -0.2) is 0 Å². The lowest BCUT2D eigenvalue weighted by molar-refractivity contribution is -0.164. The van der Waals surface area contributed by atoms with Gasteiger partial charge >= 0.3 is 11.9 Å². The van der Waals surface area contributed by atoms with E-state index in [0.717, 1.165) is 37.5 Å². The monoisotopic (exact) mass is 418 g/mol. The minimum atomic E-state index is -0.954. The van der Waals surface area contributed by atoms with Crippen LogP contribution in [0.5, 0.6) is 0 Å². The van der Waals surface area contributed by atoms with Gasteiger partial charge in [0.25, 0.3) is 0 Å². The van der Waals surface area contributed by atoms with E-state index in [1.165, 1.54) is 32.1 Å². The lowest BCUT2D eigenvalue weighted by Crippen LogP contribution is -2.54. The van der Waals surface area contributed by atoms with Crippen molar-refractivity contribution < 1.29 is 24.2 Å². The molecule has 4 rings (SSSR count). The number of Topliss-reactive ketones (excluding diaryl/α,β-unsaturated/α-hetero) is 1. The van der Waals surface area contributed by atoms with Crippen molar-refractivity contribution in [1.29, 1.82) is 0 Å². The normalized spacial score (nSPS) is 45.0. The van der Waals surface area contributed by atoms with Gasteiger partial charge in [-0.15, -0.1) is 0 Å². The number of hydrogen-bond donors (Lipinski definition) is 1.